The quantitative estimate of drug-likeness (QED) is 0.748. The van der Waals surface area contributed by atoms with Crippen LogP contribution in [-0.4, -0.2) is 15.2 Å². The van der Waals surface area contributed by atoms with E-state index in [-0.39, 0.29) is 6.61 Å². The zero-order valence-corrected chi connectivity index (χ0v) is 9.92. The van der Waals surface area contributed by atoms with Crippen molar-refractivity contribution in [1.82, 2.24) is 10.1 Å². The van der Waals surface area contributed by atoms with Crippen LogP contribution in [0.25, 0.3) is 22.4 Å². The molecule has 0 saturated heterocycles. The monoisotopic (exact) mass is 240 g/mol. The summed E-state index contributed by atoms with van der Waals surface area (Å²) in [6, 6.07) is 11.5. The van der Waals surface area contributed by atoms with Gasteiger partial charge in [0.1, 0.15) is 11.2 Å². The lowest BCUT2D eigenvalue weighted by Gasteiger charge is -2.02. The van der Waals surface area contributed by atoms with Crippen molar-refractivity contribution in [1.29, 1.82) is 0 Å². The van der Waals surface area contributed by atoms with Gasteiger partial charge in [-0.3, -0.25) is 0 Å². The minimum Gasteiger partial charge on any atom is -0.392 e. The predicted octanol–water partition coefficient (Wildman–Crippen LogP) is 2.69. The molecule has 0 amide bonds. The lowest BCUT2D eigenvalue weighted by Crippen LogP contribution is -1.86. The molecule has 18 heavy (non-hydrogen) atoms. The lowest BCUT2D eigenvalue weighted by molar-refractivity contribution is 0.282. The van der Waals surface area contributed by atoms with Crippen LogP contribution in [0.3, 0.4) is 0 Å². The van der Waals surface area contributed by atoms with Crippen molar-refractivity contribution in [2.24, 2.45) is 0 Å². The van der Waals surface area contributed by atoms with Crippen LogP contribution in [0.4, 0.5) is 0 Å². The zero-order valence-electron chi connectivity index (χ0n) is 9.92. The van der Waals surface area contributed by atoms with E-state index < -0.39 is 0 Å². The second kappa shape index (κ2) is 4.23. The van der Waals surface area contributed by atoms with Gasteiger partial charge in [-0.2, -0.15) is 0 Å². The van der Waals surface area contributed by atoms with E-state index in [9.17, 15) is 0 Å². The van der Waals surface area contributed by atoms with Crippen LogP contribution in [0.2, 0.25) is 0 Å². The van der Waals surface area contributed by atoms with Crippen molar-refractivity contribution in [2.75, 3.05) is 0 Å². The highest BCUT2D eigenvalue weighted by Crippen LogP contribution is 2.22. The maximum absolute atomic E-state index is 9.01. The first-order valence-corrected chi connectivity index (χ1v) is 5.71. The highest BCUT2D eigenvalue weighted by molar-refractivity contribution is 5.78. The molecular weight excluding hydrogens is 228 g/mol. The fourth-order valence-corrected chi connectivity index (χ4v) is 1.88. The number of hydrogen-bond acceptors (Lipinski definition) is 4. The van der Waals surface area contributed by atoms with Gasteiger partial charge in [0.05, 0.1) is 12.3 Å². The molecule has 1 N–H and O–H groups in total. The molecule has 0 aliphatic rings. The van der Waals surface area contributed by atoms with Gasteiger partial charge in [0.15, 0.2) is 5.58 Å². The Bertz CT molecular complexity index is 687. The van der Waals surface area contributed by atoms with Crippen molar-refractivity contribution >= 4 is 11.1 Å². The van der Waals surface area contributed by atoms with Crippen LogP contribution in [0, 0.1) is 6.92 Å². The van der Waals surface area contributed by atoms with Gasteiger partial charge in [0.2, 0.25) is 0 Å². The van der Waals surface area contributed by atoms with Crippen molar-refractivity contribution in [3.63, 3.8) is 0 Å². The topological polar surface area (TPSA) is 59.2 Å². The Balaban J connectivity index is 2.09. The van der Waals surface area contributed by atoms with E-state index >= 15 is 0 Å². The van der Waals surface area contributed by atoms with Crippen molar-refractivity contribution in [3.8, 4) is 11.3 Å². The number of aromatic nitrogens is 2. The van der Waals surface area contributed by atoms with Crippen LogP contribution in [0.5, 0.6) is 0 Å². The van der Waals surface area contributed by atoms with Gasteiger partial charge in [-0.05, 0) is 24.6 Å². The normalized spacial score (nSPS) is 11.0. The molecule has 0 bridgehead atoms. The fraction of sp³-hybridized carbons (Fsp3) is 0.143. The first-order chi connectivity index (χ1) is 8.78. The van der Waals surface area contributed by atoms with E-state index in [0.717, 1.165) is 28.0 Å². The number of rotatable bonds is 2. The molecule has 4 nitrogen and oxygen atoms in total. The molecule has 0 radical (unpaired) electrons. The van der Waals surface area contributed by atoms with E-state index in [2.05, 4.69) is 10.1 Å². The lowest BCUT2D eigenvalue weighted by atomic mass is 10.1. The number of aliphatic hydroxyl groups excluding tert-OH is 1. The average Bonchev–Trinajstić information content (AvgIpc) is 2.80. The third kappa shape index (κ3) is 1.76. The number of hydrogen-bond donors (Lipinski definition) is 1. The maximum Gasteiger partial charge on any atom is 0.185 e. The summed E-state index contributed by atoms with van der Waals surface area (Å²) in [5, 5.41) is 12.9. The summed E-state index contributed by atoms with van der Waals surface area (Å²) < 4.78 is 5.13. The molecule has 0 spiro atoms. The highest BCUT2D eigenvalue weighted by atomic mass is 16.5. The first-order valence-electron chi connectivity index (χ1n) is 5.71. The van der Waals surface area contributed by atoms with Gasteiger partial charge in [0, 0.05) is 5.56 Å². The molecule has 0 aliphatic heterocycles. The van der Waals surface area contributed by atoms with Gasteiger partial charge in [-0.25, -0.2) is 4.98 Å². The summed E-state index contributed by atoms with van der Waals surface area (Å²) in [6.07, 6.45) is 0. The van der Waals surface area contributed by atoms with Crippen molar-refractivity contribution < 1.29 is 9.63 Å². The highest BCUT2D eigenvalue weighted by Gasteiger charge is 2.07. The van der Waals surface area contributed by atoms with Gasteiger partial charge in [0.25, 0.3) is 0 Å². The third-order valence-corrected chi connectivity index (χ3v) is 2.91. The predicted molar refractivity (Wildman–Crippen MR) is 67.9 cm³/mol. The molecule has 0 unspecified atom stereocenters. The molecular formula is C14H12N2O2. The number of fused-ring (bicyclic) bond motifs is 1. The Morgan fingerprint density at radius 2 is 1.89 bits per heavy atom. The molecule has 90 valence electrons. The molecule has 0 saturated carbocycles. The molecule has 3 aromatic rings. The Morgan fingerprint density at radius 3 is 2.61 bits per heavy atom. The van der Waals surface area contributed by atoms with E-state index in [0.29, 0.717) is 5.58 Å². The van der Waals surface area contributed by atoms with Crippen molar-refractivity contribution in [3.05, 3.63) is 47.7 Å². The Hall–Kier alpha value is -2.20. The number of nitrogens with zero attached hydrogens (tertiary/aromatic N) is 2. The molecule has 2 heterocycles. The first kappa shape index (κ1) is 10.9. The van der Waals surface area contributed by atoms with E-state index in [1.807, 2.05) is 43.3 Å². The molecule has 0 atom stereocenters. The Labute approximate surface area is 104 Å². The molecule has 3 rings (SSSR count). The zero-order chi connectivity index (χ0) is 12.5. The molecule has 2 aromatic heterocycles. The van der Waals surface area contributed by atoms with E-state index in [4.69, 9.17) is 9.63 Å². The van der Waals surface area contributed by atoms with Crippen LogP contribution in [-0.2, 0) is 6.61 Å². The molecule has 0 fully saturated rings. The van der Waals surface area contributed by atoms with Crippen LogP contribution < -0.4 is 0 Å². The van der Waals surface area contributed by atoms with Gasteiger partial charge >= 0.3 is 0 Å². The minimum absolute atomic E-state index is 0.0531. The van der Waals surface area contributed by atoms with Gasteiger partial charge < -0.3 is 9.63 Å². The minimum atomic E-state index is 0.0531. The Morgan fingerprint density at radius 1 is 1.11 bits per heavy atom. The van der Waals surface area contributed by atoms with Crippen LogP contribution in [0.15, 0.2) is 40.9 Å². The van der Waals surface area contributed by atoms with Gasteiger partial charge in [-0.1, -0.05) is 29.4 Å². The summed E-state index contributed by atoms with van der Waals surface area (Å²) in [5.74, 6) is 0. The number of aliphatic hydroxyl groups is 1. The second-order valence-electron chi connectivity index (χ2n) is 4.17. The number of pyridine rings is 1. The maximum atomic E-state index is 9.01. The SMILES string of the molecule is Cc1noc2ccc(-c3ccc(CO)cc3)nc12. The summed E-state index contributed by atoms with van der Waals surface area (Å²) in [7, 11) is 0. The number of aryl methyl sites for hydroxylation is 1. The Kier molecular flexibility index (Phi) is 2.57. The van der Waals surface area contributed by atoms with Crippen LogP contribution >= 0.6 is 0 Å². The average molecular weight is 240 g/mol. The van der Waals surface area contributed by atoms with Crippen LogP contribution in [0.1, 0.15) is 11.3 Å². The summed E-state index contributed by atoms with van der Waals surface area (Å²) in [5.41, 5.74) is 5.05. The molecule has 0 aliphatic carbocycles. The molecule has 1 aromatic carbocycles. The van der Waals surface area contributed by atoms with E-state index in [1.165, 1.54) is 0 Å². The summed E-state index contributed by atoms with van der Waals surface area (Å²) >= 11 is 0. The summed E-state index contributed by atoms with van der Waals surface area (Å²) in [4.78, 5) is 4.54. The fourth-order valence-electron chi connectivity index (χ4n) is 1.88. The standard InChI is InChI=1S/C14H12N2O2/c1-9-14-13(18-16-9)7-6-12(15-14)11-4-2-10(8-17)3-5-11/h2-7,17H,8H2,1H3. The van der Waals surface area contributed by atoms with Crippen molar-refractivity contribution in [2.45, 2.75) is 13.5 Å². The van der Waals surface area contributed by atoms with E-state index in [1.54, 1.807) is 0 Å². The second-order valence-corrected chi connectivity index (χ2v) is 4.17. The summed E-state index contributed by atoms with van der Waals surface area (Å²) in [6.45, 7) is 1.93. The number of benzene rings is 1. The molecule has 4 heteroatoms. The smallest absolute Gasteiger partial charge is 0.185 e. The largest absolute Gasteiger partial charge is 0.392 e. The van der Waals surface area contributed by atoms with Gasteiger partial charge in [-0.15, -0.1) is 0 Å². The third-order valence-electron chi connectivity index (χ3n) is 2.91.